The zero-order valence-corrected chi connectivity index (χ0v) is 16.9. The lowest BCUT2D eigenvalue weighted by molar-refractivity contribution is -0.137. The van der Waals surface area contributed by atoms with E-state index in [1.165, 1.54) is 19.3 Å². The highest BCUT2D eigenvalue weighted by Gasteiger charge is 2.25. The molecule has 0 spiro atoms. The number of hydrogen-bond acceptors (Lipinski definition) is 4. The van der Waals surface area contributed by atoms with E-state index in [1.807, 2.05) is 13.8 Å². The van der Waals surface area contributed by atoms with Gasteiger partial charge in [-0.1, -0.05) is 54.4 Å². The van der Waals surface area contributed by atoms with E-state index in [-0.39, 0.29) is 18.6 Å². The van der Waals surface area contributed by atoms with Crippen LogP contribution in [0.4, 0.5) is 0 Å². The van der Waals surface area contributed by atoms with Crippen molar-refractivity contribution in [2.75, 3.05) is 19.8 Å². The molecular weight excluding hydrogens is 306 g/mol. The number of carbonyl (C=O) groups is 1. The first-order valence-electron chi connectivity index (χ1n) is 9.61. The summed E-state index contributed by atoms with van der Waals surface area (Å²) in [6.45, 7) is 14.3. The van der Waals surface area contributed by atoms with Gasteiger partial charge in [0, 0.05) is 6.61 Å². The number of nitrogens with two attached hydrogens (primary N) is 1. The van der Waals surface area contributed by atoms with Gasteiger partial charge in [0.25, 0.3) is 0 Å². The molecule has 0 atom stereocenters. The van der Waals surface area contributed by atoms with Crippen molar-refractivity contribution >= 4 is 5.97 Å². The second-order valence-electron chi connectivity index (χ2n) is 5.62. The second-order valence-corrected chi connectivity index (χ2v) is 5.62. The predicted octanol–water partition coefficient (Wildman–Crippen LogP) is 4.22. The van der Waals surface area contributed by atoms with Crippen LogP contribution in [0.5, 0.6) is 0 Å². The first kappa shape index (κ1) is 28.2. The summed E-state index contributed by atoms with van der Waals surface area (Å²) in [4.78, 5) is 9.44. The fraction of sp³-hybridized carbons (Fsp3) is 0.947. The van der Waals surface area contributed by atoms with Crippen molar-refractivity contribution in [2.24, 2.45) is 11.7 Å². The average Bonchev–Trinajstić information content (AvgIpc) is 2.60. The maximum Gasteiger partial charge on any atom is 0.305 e. The van der Waals surface area contributed by atoms with Crippen LogP contribution in [-0.4, -0.2) is 41.5 Å². The summed E-state index contributed by atoms with van der Waals surface area (Å²) in [6.07, 6.45) is 6.71. The Morgan fingerprint density at radius 1 is 1.12 bits per heavy atom. The van der Waals surface area contributed by atoms with Crippen LogP contribution in [-0.2, 0) is 9.53 Å². The van der Waals surface area contributed by atoms with Crippen LogP contribution in [0.25, 0.3) is 0 Å². The van der Waals surface area contributed by atoms with Gasteiger partial charge in [-0.15, -0.1) is 0 Å². The molecule has 0 fully saturated rings. The van der Waals surface area contributed by atoms with Gasteiger partial charge >= 0.3 is 5.97 Å². The highest BCUT2D eigenvalue weighted by Crippen LogP contribution is 2.25. The van der Waals surface area contributed by atoms with Gasteiger partial charge in [-0.2, -0.15) is 0 Å². The van der Waals surface area contributed by atoms with E-state index in [0.717, 1.165) is 38.3 Å². The van der Waals surface area contributed by atoms with Gasteiger partial charge in [-0.05, 0) is 38.1 Å². The maximum absolute atomic E-state index is 9.44. The third kappa shape index (κ3) is 16.2. The van der Waals surface area contributed by atoms with Crippen LogP contribution in [0.3, 0.4) is 0 Å². The molecule has 0 heterocycles. The number of carboxylic acid groups (broad SMARTS) is 1. The van der Waals surface area contributed by atoms with Crippen molar-refractivity contribution < 1.29 is 19.7 Å². The summed E-state index contributed by atoms with van der Waals surface area (Å²) >= 11 is 0. The minimum absolute atomic E-state index is 0.0424. The minimum atomic E-state index is -0.961. The molecule has 0 rings (SSSR count). The number of rotatable bonds is 12. The number of carboxylic acids is 1. The minimum Gasteiger partial charge on any atom is -0.481 e. The van der Waals surface area contributed by atoms with Crippen molar-refractivity contribution in [1.82, 2.24) is 0 Å². The van der Waals surface area contributed by atoms with Crippen molar-refractivity contribution in [3.05, 3.63) is 0 Å². The summed E-state index contributed by atoms with van der Waals surface area (Å²) in [5.74, 6) is -0.137. The van der Waals surface area contributed by atoms with Crippen LogP contribution >= 0.6 is 0 Å². The van der Waals surface area contributed by atoms with Crippen LogP contribution in [0, 0.1) is 5.92 Å². The number of hydrogen-bond donors (Lipinski definition) is 3. The van der Waals surface area contributed by atoms with Gasteiger partial charge in [0.05, 0.1) is 18.6 Å². The molecule has 4 N–H and O–H groups in total. The first-order valence-corrected chi connectivity index (χ1v) is 9.61. The van der Waals surface area contributed by atoms with Crippen LogP contribution < -0.4 is 5.73 Å². The Bertz CT molecular complexity index is 252. The molecule has 0 bridgehead atoms. The standard InChI is InChI=1S/C14H31NO.C3H6O3.C2H6/c1-5-13(6-2)9-12-16-14(7-3,8-4)10-11-15;4-2-1-3(5)6;1-2/h13H,5-12,15H2,1-4H3;4H,1-2H2,(H,5,6);1-2H3. The Morgan fingerprint density at radius 2 is 1.62 bits per heavy atom. The first-order chi connectivity index (χ1) is 11.4. The molecule has 0 aliphatic rings. The summed E-state index contributed by atoms with van der Waals surface area (Å²) in [6, 6.07) is 0. The Morgan fingerprint density at radius 3 is 1.88 bits per heavy atom. The molecule has 0 aromatic heterocycles. The summed E-state index contributed by atoms with van der Waals surface area (Å²) in [5.41, 5.74) is 5.71. The second kappa shape index (κ2) is 20.4. The Hall–Kier alpha value is -0.650. The lowest BCUT2D eigenvalue weighted by atomic mass is 9.92. The van der Waals surface area contributed by atoms with Crippen molar-refractivity contribution in [2.45, 2.75) is 92.1 Å². The number of aliphatic hydroxyl groups is 1. The molecule has 5 nitrogen and oxygen atoms in total. The lowest BCUT2D eigenvalue weighted by Gasteiger charge is -2.32. The van der Waals surface area contributed by atoms with E-state index in [4.69, 9.17) is 20.7 Å². The average molecular weight is 350 g/mol. The monoisotopic (exact) mass is 349 g/mol. The summed E-state index contributed by atoms with van der Waals surface area (Å²) in [5, 5.41) is 15.6. The Balaban J connectivity index is -0.000000462. The highest BCUT2D eigenvalue weighted by molar-refractivity contribution is 5.66. The fourth-order valence-corrected chi connectivity index (χ4v) is 2.38. The number of aliphatic hydroxyl groups excluding tert-OH is 1. The summed E-state index contributed by atoms with van der Waals surface area (Å²) in [7, 11) is 0. The zero-order valence-electron chi connectivity index (χ0n) is 16.9. The molecular formula is C19H43NO4. The Kier molecular flexibility index (Phi) is 23.9. The van der Waals surface area contributed by atoms with Gasteiger partial charge in [-0.3, -0.25) is 4.79 Å². The number of ether oxygens (including phenoxy) is 1. The third-order valence-corrected chi connectivity index (χ3v) is 4.30. The fourth-order valence-electron chi connectivity index (χ4n) is 2.38. The predicted molar refractivity (Wildman–Crippen MR) is 102 cm³/mol. The smallest absolute Gasteiger partial charge is 0.305 e. The topological polar surface area (TPSA) is 92.8 Å². The largest absolute Gasteiger partial charge is 0.481 e. The van der Waals surface area contributed by atoms with E-state index in [0.29, 0.717) is 0 Å². The van der Waals surface area contributed by atoms with Crippen molar-refractivity contribution in [3.8, 4) is 0 Å². The molecule has 0 aliphatic heterocycles. The van der Waals surface area contributed by atoms with E-state index in [9.17, 15) is 4.79 Å². The zero-order chi connectivity index (χ0) is 19.4. The van der Waals surface area contributed by atoms with Gasteiger partial charge in [0.2, 0.25) is 0 Å². The highest BCUT2D eigenvalue weighted by atomic mass is 16.5. The van der Waals surface area contributed by atoms with Gasteiger partial charge in [-0.25, -0.2) is 0 Å². The van der Waals surface area contributed by atoms with E-state index < -0.39 is 5.97 Å². The molecule has 0 radical (unpaired) electrons. The van der Waals surface area contributed by atoms with Crippen LogP contribution in [0.15, 0.2) is 0 Å². The molecule has 0 aromatic rings. The summed E-state index contributed by atoms with van der Waals surface area (Å²) < 4.78 is 6.12. The molecule has 0 saturated carbocycles. The maximum atomic E-state index is 9.44. The van der Waals surface area contributed by atoms with Crippen molar-refractivity contribution in [1.29, 1.82) is 0 Å². The van der Waals surface area contributed by atoms with E-state index in [2.05, 4.69) is 27.7 Å². The van der Waals surface area contributed by atoms with Crippen LogP contribution in [0.1, 0.15) is 86.5 Å². The quantitative estimate of drug-likeness (QED) is 0.490. The molecule has 0 unspecified atom stereocenters. The van der Waals surface area contributed by atoms with Gasteiger partial charge < -0.3 is 20.7 Å². The lowest BCUT2D eigenvalue weighted by Crippen LogP contribution is -2.34. The normalized spacial score (nSPS) is 10.5. The third-order valence-electron chi connectivity index (χ3n) is 4.30. The molecule has 0 saturated heterocycles. The van der Waals surface area contributed by atoms with E-state index in [1.54, 1.807) is 0 Å². The molecule has 0 aromatic carbocycles. The molecule has 0 amide bonds. The van der Waals surface area contributed by atoms with Crippen LogP contribution in [0.2, 0.25) is 0 Å². The molecule has 0 aliphatic carbocycles. The Labute approximate surface area is 150 Å². The SMILES string of the molecule is CC.CCC(CC)CCOC(CC)(CC)CCN.O=C(O)CCO. The van der Waals surface area contributed by atoms with Crippen molar-refractivity contribution in [3.63, 3.8) is 0 Å². The van der Waals surface area contributed by atoms with Gasteiger partial charge in [0.1, 0.15) is 0 Å². The van der Waals surface area contributed by atoms with Gasteiger partial charge in [0.15, 0.2) is 0 Å². The van der Waals surface area contributed by atoms with E-state index >= 15 is 0 Å². The number of aliphatic carboxylic acids is 1. The molecule has 24 heavy (non-hydrogen) atoms. The molecule has 5 heteroatoms. The molecule has 148 valence electrons.